The van der Waals surface area contributed by atoms with Crippen LogP contribution >= 0.6 is 0 Å². The smallest absolute Gasteiger partial charge is 0.389 e. The monoisotopic (exact) mass is 214 g/mol. The Labute approximate surface area is 80.2 Å². The third-order valence-corrected chi connectivity index (χ3v) is 1.51. The van der Waals surface area contributed by atoms with Crippen molar-refractivity contribution in [1.82, 2.24) is 0 Å². The zero-order valence-corrected chi connectivity index (χ0v) is 8.06. The molecule has 0 unspecified atom stereocenters. The van der Waals surface area contributed by atoms with Crippen molar-refractivity contribution in [2.45, 2.75) is 32.0 Å². The van der Waals surface area contributed by atoms with E-state index in [1.807, 2.05) is 0 Å². The van der Waals surface area contributed by atoms with Crippen molar-refractivity contribution < 1.29 is 27.4 Å². The van der Waals surface area contributed by atoms with E-state index in [0.717, 1.165) is 0 Å². The molecule has 3 nitrogen and oxygen atoms in total. The lowest BCUT2D eigenvalue weighted by molar-refractivity contribution is -0.154. The molecule has 0 bridgehead atoms. The lowest BCUT2D eigenvalue weighted by Gasteiger charge is -2.11. The maximum Gasteiger partial charge on any atom is 0.389 e. The van der Waals surface area contributed by atoms with Crippen molar-refractivity contribution in [3.63, 3.8) is 0 Å². The summed E-state index contributed by atoms with van der Waals surface area (Å²) in [4.78, 5) is 10.7. The van der Waals surface area contributed by atoms with Crippen molar-refractivity contribution in [3.8, 4) is 0 Å². The van der Waals surface area contributed by atoms with Crippen molar-refractivity contribution in [3.05, 3.63) is 0 Å². The number of carbonyl (C=O) groups is 1. The fourth-order valence-corrected chi connectivity index (χ4v) is 0.767. The van der Waals surface area contributed by atoms with E-state index < -0.39 is 24.7 Å². The van der Waals surface area contributed by atoms with Crippen molar-refractivity contribution in [2.75, 3.05) is 13.7 Å². The van der Waals surface area contributed by atoms with E-state index >= 15 is 0 Å². The number of hydrogen-bond donors (Lipinski definition) is 0. The number of carbonyl (C=O) groups excluding carboxylic acids is 1. The molecular formula is C8H13F3O3. The molecule has 0 heterocycles. The van der Waals surface area contributed by atoms with E-state index in [-0.39, 0.29) is 13.0 Å². The largest absolute Gasteiger partial charge is 0.467 e. The van der Waals surface area contributed by atoms with Crippen LogP contribution in [-0.2, 0) is 14.3 Å². The zero-order chi connectivity index (χ0) is 11.2. The van der Waals surface area contributed by atoms with E-state index in [4.69, 9.17) is 4.74 Å². The third kappa shape index (κ3) is 6.71. The summed E-state index contributed by atoms with van der Waals surface area (Å²) in [5.41, 5.74) is 0. The van der Waals surface area contributed by atoms with Crippen LogP contribution in [0.2, 0.25) is 0 Å². The Hall–Kier alpha value is -0.780. The Bertz CT molecular complexity index is 179. The molecule has 0 fully saturated rings. The van der Waals surface area contributed by atoms with E-state index in [1.165, 1.54) is 14.0 Å². The Morgan fingerprint density at radius 2 is 2.00 bits per heavy atom. The molecule has 0 aromatic carbocycles. The van der Waals surface area contributed by atoms with Gasteiger partial charge in [-0.1, -0.05) is 0 Å². The molecular weight excluding hydrogens is 201 g/mol. The molecule has 0 N–H and O–H groups in total. The first-order chi connectivity index (χ1) is 6.37. The van der Waals surface area contributed by atoms with Gasteiger partial charge in [0, 0.05) is 13.0 Å². The molecule has 14 heavy (non-hydrogen) atoms. The van der Waals surface area contributed by atoms with Gasteiger partial charge in [-0.15, -0.1) is 0 Å². The highest BCUT2D eigenvalue weighted by Gasteiger charge is 2.26. The van der Waals surface area contributed by atoms with Crippen LogP contribution < -0.4 is 0 Å². The van der Waals surface area contributed by atoms with Gasteiger partial charge in [-0.2, -0.15) is 13.2 Å². The average molecular weight is 214 g/mol. The molecule has 84 valence electrons. The second-order valence-electron chi connectivity index (χ2n) is 2.75. The minimum atomic E-state index is -4.17. The van der Waals surface area contributed by atoms with Crippen LogP contribution in [0.15, 0.2) is 0 Å². The highest BCUT2D eigenvalue weighted by molar-refractivity contribution is 5.73. The Balaban J connectivity index is 3.50. The summed E-state index contributed by atoms with van der Waals surface area (Å²) in [5.74, 6) is -0.586. The van der Waals surface area contributed by atoms with Crippen LogP contribution in [0.4, 0.5) is 13.2 Å². The van der Waals surface area contributed by atoms with Gasteiger partial charge in [-0.25, -0.2) is 4.79 Å². The molecule has 0 aliphatic carbocycles. The summed E-state index contributed by atoms with van der Waals surface area (Å²) >= 11 is 0. The number of methoxy groups -OCH3 is 1. The number of esters is 1. The lowest BCUT2D eigenvalue weighted by atomic mass is 10.3. The van der Waals surface area contributed by atoms with Crippen LogP contribution in [-0.4, -0.2) is 32.0 Å². The van der Waals surface area contributed by atoms with Gasteiger partial charge < -0.3 is 9.47 Å². The van der Waals surface area contributed by atoms with Gasteiger partial charge in [0.05, 0.1) is 7.11 Å². The van der Waals surface area contributed by atoms with Gasteiger partial charge >= 0.3 is 12.1 Å². The first-order valence-corrected chi connectivity index (χ1v) is 4.13. The normalized spacial score (nSPS) is 13.8. The molecule has 0 spiro atoms. The minimum Gasteiger partial charge on any atom is -0.467 e. The second kappa shape index (κ2) is 5.85. The third-order valence-electron chi connectivity index (χ3n) is 1.51. The number of halogens is 3. The molecule has 0 saturated heterocycles. The van der Waals surface area contributed by atoms with Crippen LogP contribution in [0.5, 0.6) is 0 Å². The fraction of sp³-hybridized carbons (Fsp3) is 0.875. The predicted molar refractivity (Wildman–Crippen MR) is 42.7 cm³/mol. The highest BCUT2D eigenvalue weighted by Crippen LogP contribution is 2.21. The summed E-state index contributed by atoms with van der Waals surface area (Å²) < 4.78 is 44.1. The van der Waals surface area contributed by atoms with Gasteiger partial charge in [0.15, 0.2) is 6.10 Å². The summed E-state index contributed by atoms with van der Waals surface area (Å²) in [5, 5.41) is 0. The molecule has 0 radical (unpaired) electrons. The van der Waals surface area contributed by atoms with E-state index in [1.54, 1.807) is 0 Å². The van der Waals surface area contributed by atoms with Crippen molar-refractivity contribution in [2.24, 2.45) is 0 Å². The molecule has 0 rings (SSSR count). The molecule has 1 atom stereocenters. The van der Waals surface area contributed by atoms with E-state index in [9.17, 15) is 18.0 Å². The maximum absolute atomic E-state index is 11.7. The molecule has 0 aromatic heterocycles. The van der Waals surface area contributed by atoms with Crippen LogP contribution in [0.25, 0.3) is 0 Å². The van der Waals surface area contributed by atoms with Crippen LogP contribution in [0.3, 0.4) is 0 Å². The van der Waals surface area contributed by atoms with E-state index in [0.29, 0.717) is 0 Å². The summed E-state index contributed by atoms with van der Waals surface area (Å²) in [6.07, 6.45) is -6.03. The maximum atomic E-state index is 11.7. The van der Waals surface area contributed by atoms with Gasteiger partial charge in [0.2, 0.25) is 0 Å². The topological polar surface area (TPSA) is 35.5 Å². The van der Waals surface area contributed by atoms with Crippen molar-refractivity contribution in [1.29, 1.82) is 0 Å². The van der Waals surface area contributed by atoms with Gasteiger partial charge in [-0.3, -0.25) is 0 Å². The van der Waals surface area contributed by atoms with Gasteiger partial charge in [-0.05, 0) is 13.3 Å². The number of hydrogen-bond acceptors (Lipinski definition) is 3. The van der Waals surface area contributed by atoms with Crippen LogP contribution in [0.1, 0.15) is 19.8 Å². The second-order valence-corrected chi connectivity index (χ2v) is 2.75. The van der Waals surface area contributed by atoms with Gasteiger partial charge in [0.1, 0.15) is 0 Å². The van der Waals surface area contributed by atoms with Crippen LogP contribution in [0, 0.1) is 0 Å². The van der Waals surface area contributed by atoms with E-state index in [2.05, 4.69) is 4.74 Å². The quantitative estimate of drug-likeness (QED) is 0.518. The standard InChI is InChI=1S/C8H13F3O3/c1-6(7(12)13-2)14-5-3-4-8(9,10)11/h6H,3-5H2,1-2H3/t6-/m0/s1. The SMILES string of the molecule is COC(=O)[C@H](C)OCCCC(F)(F)F. The molecule has 0 aromatic rings. The first kappa shape index (κ1) is 13.2. The molecule has 0 aliphatic rings. The predicted octanol–water partition coefficient (Wildman–Crippen LogP) is 1.91. The average Bonchev–Trinajstić information content (AvgIpc) is 2.09. The molecule has 0 saturated carbocycles. The Morgan fingerprint density at radius 1 is 1.43 bits per heavy atom. The van der Waals surface area contributed by atoms with Gasteiger partial charge in [0.25, 0.3) is 0 Å². The first-order valence-electron chi connectivity index (χ1n) is 4.13. The number of alkyl halides is 3. The summed E-state index contributed by atoms with van der Waals surface area (Å²) in [6.45, 7) is 1.33. The lowest BCUT2D eigenvalue weighted by Crippen LogP contribution is -2.23. The Morgan fingerprint density at radius 3 is 2.43 bits per heavy atom. The molecule has 0 aliphatic heterocycles. The summed E-state index contributed by atoms with van der Waals surface area (Å²) in [7, 11) is 1.19. The number of ether oxygens (including phenoxy) is 2. The summed E-state index contributed by atoms with van der Waals surface area (Å²) in [6, 6.07) is 0. The molecule has 0 amide bonds. The van der Waals surface area contributed by atoms with Crippen molar-refractivity contribution >= 4 is 5.97 Å². The fourth-order valence-electron chi connectivity index (χ4n) is 0.767. The minimum absolute atomic E-state index is 0.101. The Kier molecular flexibility index (Phi) is 5.52. The highest BCUT2D eigenvalue weighted by atomic mass is 19.4. The number of rotatable bonds is 5. The molecule has 6 heteroatoms. The zero-order valence-electron chi connectivity index (χ0n) is 8.06.